The third-order valence-electron chi connectivity index (χ3n) is 5.17. The highest BCUT2D eigenvalue weighted by atomic mass is 16.5. The fraction of sp³-hybridized carbons (Fsp3) is 0.250. The Labute approximate surface area is 150 Å². The minimum absolute atomic E-state index is 0.610. The molecule has 25 heavy (non-hydrogen) atoms. The van der Waals surface area contributed by atoms with E-state index in [1.54, 1.807) is 0 Å². The van der Waals surface area contributed by atoms with Crippen molar-refractivity contribution in [3.05, 3.63) is 90.0 Å². The van der Waals surface area contributed by atoms with Crippen LogP contribution in [0.2, 0.25) is 0 Å². The lowest BCUT2D eigenvalue weighted by Crippen LogP contribution is -1.97. The van der Waals surface area contributed by atoms with Crippen molar-refractivity contribution in [1.29, 1.82) is 0 Å². The molecule has 3 aromatic carbocycles. The van der Waals surface area contributed by atoms with Gasteiger partial charge >= 0.3 is 0 Å². The zero-order valence-electron chi connectivity index (χ0n) is 14.5. The summed E-state index contributed by atoms with van der Waals surface area (Å²) in [6.45, 7) is 0.610. The molecule has 0 aromatic heterocycles. The fourth-order valence-corrected chi connectivity index (χ4v) is 3.82. The summed E-state index contributed by atoms with van der Waals surface area (Å²) in [7, 11) is 0. The molecule has 1 saturated carbocycles. The van der Waals surface area contributed by atoms with Crippen molar-refractivity contribution >= 4 is 0 Å². The van der Waals surface area contributed by atoms with E-state index >= 15 is 0 Å². The standard InChI is InChI=1S/C24H24O/c1-2-8-19(9-3-1)18-25-22-16-14-21(15-17-22)24-13-7-6-12-23(24)20-10-4-5-11-20/h1-3,6-9,12-17,20H,4-5,10-11,18H2. The van der Waals surface area contributed by atoms with Gasteiger partial charge in [-0.2, -0.15) is 0 Å². The van der Waals surface area contributed by atoms with Crippen LogP contribution in [-0.4, -0.2) is 0 Å². The first-order chi connectivity index (χ1) is 12.4. The van der Waals surface area contributed by atoms with E-state index in [0.717, 1.165) is 11.7 Å². The first-order valence-electron chi connectivity index (χ1n) is 9.26. The molecule has 0 heterocycles. The lowest BCUT2D eigenvalue weighted by molar-refractivity contribution is 0.306. The molecular weight excluding hydrogens is 304 g/mol. The van der Waals surface area contributed by atoms with Crippen LogP contribution in [-0.2, 0) is 6.61 Å². The van der Waals surface area contributed by atoms with E-state index in [0.29, 0.717) is 6.61 Å². The number of ether oxygens (including phenoxy) is 1. The van der Waals surface area contributed by atoms with Gasteiger partial charge in [0.05, 0.1) is 0 Å². The van der Waals surface area contributed by atoms with Gasteiger partial charge in [0.15, 0.2) is 0 Å². The van der Waals surface area contributed by atoms with Crippen LogP contribution in [0.4, 0.5) is 0 Å². The predicted molar refractivity (Wildman–Crippen MR) is 104 cm³/mol. The van der Waals surface area contributed by atoms with Gasteiger partial charge in [-0.15, -0.1) is 0 Å². The Morgan fingerprint density at radius 3 is 2.16 bits per heavy atom. The van der Waals surface area contributed by atoms with Crippen LogP contribution in [0.25, 0.3) is 11.1 Å². The van der Waals surface area contributed by atoms with Gasteiger partial charge in [0.1, 0.15) is 12.4 Å². The normalized spacial score (nSPS) is 14.6. The molecule has 0 aliphatic heterocycles. The molecule has 3 aromatic rings. The maximum atomic E-state index is 5.91. The Morgan fingerprint density at radius 2 is 1.40 bits per heavy atom. The van der Waals surface area contributed by atoms with Crippen molar-refractivity contribution in [2.75, 3.05) is 0 Å². The van der Waals surface area contributed by atoms with E-state index < -0.39 is 0 Å². The van der Waals surface area contributed by atoms with Crippen molar-refractivity contribution in [3.8, 4) is 16.9 Å². The highest BCUT2D eigenvalue weighted by molar-refractivity contribution is 5.68. The number of hydrogen-bond acceptors (Lipinski definition) is 1. The van der Waals surface area contributed by atoms with Gasteiger partial charge in [-0.1, -0.05) is 79.6 Å². The van der Waals surface area contributed by atoms with Gasteiger partial charge in [-0.25, -0.2) is 0 Å². The molecule has 1 aliphatic rings. The topological polar surface area (TPSA) is 9.23 Å². The van der Waals surface area contributed by atoms with Crippen molar-refractivity contribution in [1.82, 2.24) is 0 Å². The summed E-state index contributed by atoms with van der Waals surface area (Å²) in [4.78, 5) is 0. The first kappa shape index (κ1) is 16.0. The second-order valence-electron chi connectivity index (χ2n) is 6.87. The minimum Gasteiger partial charge on any atom is -0.489 e. The molecular formula is C24H24O. The molecule has 1 aliphatic carbocycles. The van der Waals surface area contributed by atoms with Gasteiger partial charge in [-0.05, 0) is 53.1 Å². The number of rotatable bonds is 5. The molecule has 0 amide bonds. The van der Waals surface area contributed by atoms with Crippen LogP contribution < -0.4 is 4.74 Å². The fourth-order valence-electron chi connectivity index (χ4n) is 3.82. The van der Waals surface area contributed by atoms with Crippen molar-refractivity contribution in [2.24, 2.45) is 0 Å². The number of hydrogen-bond donors (Lipinski definition) is 0. The van der Waals surface area contributed by atoms with E-state index in [9.17, 15) is 0 Å². The van der Waals surface area contributed by atoms with E-state index in [2.05, 4.69) is 60.7 Å². The largest absolute Gasteiger partial charge is 0.489 e. The molecule has 0 bridgehead atoms. The summed E-state index contributed by atoms with van der Waals surface area (Å²) in [5.41, 5.74) is 5.37. The summed E-state index contributed by atoms with van der Waals surface area (Å²) < 4.78 is 5.91. The van der Waals surface area contributed by atoms with Crippen LogP contribution >= 0.6 is 0 Å². The van der Waals surface area contributed by atoms with Gasteiger partial charge in [0.25, 0.3) is 0 Å². The molecule has 0 N–H and O–H groups in total. The summed E-state index contributed by atoms with van der Waals surface area (Å²) in [6.07, 6.45) is 5.39. The Bertz CT molecular complexity index is 799. The molecule has 1 nitrogen and oxygen atoms in total. The average molecular weight is 328 g/mol. The van der Waals surface area contributed by atoms with Gasteiger partial charge in [0.2, 0.25) is 0 Å². The smallest absolute Gasteiger partial charge is 0.119 e. The molecule has 0 saturated heterocycles. The van der Waals surface area contributed by atoms with Crippen molar-refractivity contribution in [3.63, 3.8) is 0 Å². The predicted octanol–water partition coefficient (Wildman–Crippen LogP) is 6.59. The van der Waals surface area contributed by atoms with E-state index in [1.165, 1.54) is 47.9 Å². The molecule has 0 spiro atoms. The zero-order valence-corrected chi connectivity index (χ0v) is 14.5. The lowest BCUT2D eigenvalue weighted by atomic mass is 9.89. The Kier molecular flexibility index (Phi) is 4.83. The molecule has 0 radical (unpaired) electrons. The quantitative estimate of drug-likeness (QED) is 0.513. The molecule has 4 rings (SSSR count). The van der Waals surface area contributed by atoms with Crippen molar-refractivity contribution in [2.45, 2.75) is 38.2 Å². The monoisotopic (exact) mass is 328 g/mol. The van der Waals surface area contributed by atoms with E-state index in [1.807, 2.05) is 18.2 Å². The highest BCUT2D eigenvalue weighted by Gasteiger charge is 2.19. The zero-order chi connectivity index (χ0) is 16.9. The van der Waals surface area contributed by atoms with Gasteiger partial charge < -0.3 is 4.74 Å². The van der Waals surface area contributed by atoms with Gasteiger partial charge in [-0.3, -0.25) is 0 Å². The van der Waals surface area contributed by atoms with Crippen LogP contribution in [0.5, 0.6) is 5.75 Å². The van der Waals surface area contributed by atoms with Crippen LogP contribution in [0.1, 0.15) is 42.7 Å². The maximum absolute atomic E-state index is 5.91. The molecule has 1 heteroatoms. The summed E-state index contributed by atoms with van der Waals surface area (Å²) in [5.74, 6) is 1.65. The highest BCUT2D eigenvalue weighted by Crippen LogP contribution is 2.39. The Morgan fingerprint density at radius 1 is 0.720 bits per heavy atom. The van der Waals surface area contributed by atoms with Crippen LogP contribution in [0.3, 0.4) is 0 Å². The Hall–Kier alpha value is -2.54. The maximum Gasteiger partial charge on any atom is 0.119 e. The molecule has 1 fully saturated rings. The van der Waals surface area contributed by atoms with Crippen LogP contribution in [0.15, 0.2) is 78.9 Å². The second kappa shape index (κ2) is 7.57. The first-order valence-corrected chi connectivity index (χ1v) is 9.26. The van der Waals surface area contributed by atoms with E-state index in [4.69, 9.17) is 4.74 Å². The average Bonchev–Trinajstić information content (AvgIpc) is 3.22. The summed E-state index contributed by atoms with van der Waals surface area (Å²) in [5, 5.41) is 0. The summed E-state index contributed by atoms with van der Waals surface area (Å²) in [6, 6.07) is 27.7. The van der Waals surface area contributed by atoms with E-state index in [-0.39, 0.29) is 0 Å². The minimum atomic E-state index is 0.610. The number of benzene rings is 3. The summed E-state index contributed by atoms with van der Waals surface area (Å²) >= 11 is 0. The third kappa shape index (κ3) is 3.76. The second-order valence-corrected chi connectivity index (χ2v) is 6.87. The van der Waals surface area contributed by atoms with Crippen molar-refractivity contribution < 1.29 is 4.74 Å². The SMILES string of the molecule is c1ccc(COc2ccc(-c3ccccc3C3CCCC3)cc2)cc1. The third-order valence-corrected chi connectivity index (χ3v) is 5.17. The van der Waals surface area contributed by atoms with Crippen LogP contribution in [0, 0.1) is 0 Å². The molecule has 0 atom stereocenters. The van der Waals surface area contributed by atoms with Gasteiger partial charge in [0, 0.05) is 0 Å². The molecule has 0 unspecified atom stereocenters. The lowest BCUT2D eigenvalue weighted by Gasteiger charge is -2.16. The molecule has 126 valence electrons. The Balaban J connectivity index is 1.51.